The van der Waals surface area contributed by atoms with Crippen molar-refractivity contribution in [2.75, 3.05) is 31.1 Å². The predicted octanol–water partition coefficient (Wildman–Crippen LogP) is 2.19. The van der Waals surface area contributed by atoms with Crippen LogP contribution in [0.5, 0.6) is 0 Å². The molecule has 1 aromatic heterocycles. The normalized spacial score (nSPS) is 15.9. The molecule has 0 unspecified atom stereocenters. The monoisotopic (exact) mass is 336 g/mol. The summed E-state index contributed by atoms with van der Waals surface area (Å²) in [7, 11) is 0. The number of aryl methyl sites for hydroxylation is 1. The molecular formula is C16H18ClFN4O. The lowest BCUT2D eigenvalue weighted by Crippen LogP contribution is -2.46. The summed E-state index contributed by atoms with van der Waals surface area (Å²) < 4.78 is 13.2. The maximum atomic E-state index is 13.2. The molecule has 1 fully saturated rings. The molecule has 1 N–H and O–H groups in total. The number of H-pyrrole nitrogens is 1. The molecule has 122 valence electrons. The van der Waals surface area contributed by atoms with Crippen molar-refractivity contribution in [3.05, 3.63) is 56.7 Å². The topological polar surface area (TPSA) is 52.2 Å². The Hall–Kier alpha value is -1.92. The maximum absolute atomic E-state index is 13.2. The van der Waals surface area contributed by atoms with Crippen LogP contribution in [0.2, 0.25) is 5.02 Å². The molecule has 2 heterocycles. The molecule has 0 spiro atoms. The quantitative estimate of drug-likeness (QED) is 0.933. The van der Waals surface area contributed by atoms with Crippen LogP contribution in [0.3, 0.4) is 0 Å². The molecule has 0 aliphatic carbocycles. The molecule has 1 aliphatic heterocycles. The average Bonchev–Trinajstić information content (AvgIpc) is 2.54. The third-order valence-corrected chi connectivity index (χ3v) is 4.55. The minimum Gasteiger partial charge on any atom is -0.366 e. The summed E-state index contributed by atoms with van der Waals surface area (Å²) in [5.74, 6) is -0.201. The van der Waals surface area contributed by atoms with Crippen molar-refractivity contribution in [1.29, 1.82) is 0 Å². The second-order valence-corrected chi connectivity index (χ2v) is 6.11. The summed E-state index contributed by atoms with van der Waals surface area (Å²) in [6, 6.07) is 4.90. The SMILES string of the molecule is Cc1cc(F)ccc1CN1CCN(c2cn[nH]c(=O)c2Cl)CC1. The molecule has 5 nitrogen and oxygen atoms in total. The van der Waals surface area contributed by atoms with Crippen molar-refractivity contribution in [3.8, 4) is 0 Å². The number of nitrogens with zero attached hydrogens (tertiary/aromatic N) is 3. The first-order valence-electron chi connectivity index (χ1n) is 7.50. The summed E-state index contributed by atoms with van der Waals surface area (Å²) in [5, 5.41) is 6.32. The molecule has 0 radical (unpaired) electrons. The van der Waals surface area contributed by atoms with Gasteiger partial charge in [0.15, 0.2) is 0 Å². The lowest BCUT2D eigenvalue weighted by molar-refractivity contribution is 0.249. The Morgan fingerprint density at radius 2 is 2.04 bits per heavy atom. The second kappa shape index (κ2) is 6.68. The highest BCUT2D eigenvalue weighted by atomic mass is 35.5. The summed E-state index contributed by atoms with van der Waals surface area (Å²) in [4.78, 5) is 15.9. The van der Waals surface area contributed by atoms with Gasteiger partial charge in [-0.15, -0.1) is 0 Å². The molecule has 23 heavy (non-hydrogen) atoms. The van der Waals surface area contributed by atoms with Gasteiger partial charge in [-0.05, 0) is 30.2 Å². The first-order valence-corrected chi connectivity index (χ1v) is 7.88. The summed E-state index contributed by atoms with van der Waals surface area (Å²) in [6.07, 6.45) is 1.59. The molecule has 0 amide bonds. The Morgan fingerprint density at radius 1 is 1.30 bits per heavy atom. The highest BCUT2D eigenvalue weighted by Crippen LogP contribution is 2.22. The second-order valence-electron chi connectivity index (χ2n) is 5.73. The Labute approximate surface area is 138 Å². The Morgan fingerprint density at radius 3 is 2.74 bits per heavy atom. The lowest BCUT2D eigenvalue weighted by Gasteiger charge is -2.36. The van der Waals surface area contributed by atoms with Crippen LogP contribution >= 0.6 is 11.6 Å². The highest BCUT2D eigenvalue weighted by molar-refractivity contribution is 6.32. The number of hydrogen-bond donors (Lipinski definition) is 1. The smallest absolute Gasteiger partial charge is 0.285 e. The van der Waals surface area contributed by atoms with E-state index in [0.29, 0.717) is 5.69 Å². The number of rotatable bonds is 3. The Bertz CT molecular complexity index is 756. The number of aromatic amines is 1. The number of benzene rings is 1. The maximum Gasteiger partial charge on any atom is 0.285 e. The average molecular weight is 337 g/mol. The molecule has 1 saturated heterocycles. The van der Waals surface area contributed by atoms with Gasteiger partial charge >= 0.3 is 0 Å². The first-order chi connectivity index (χ1) is 11.0. The van der Waals surface area contributed by atoms with E-state index >= 15 is 0 Å². The van der Waals surface area contributed by atoms with Gasteiger partial charge in [0, 0.05) is 32.7 Å². The fourth-order valence-electron chi connectivity index (χ4n) is 2.82. The van der Waals surface area contributed by atoms with Crippen LogP contribution in [0.1, 0.15) is 11.1 Å². The number of nitrogens with one attached hydrogen (secondary N) is 1. The largest absolute Gasteiger partial charge is 0.366 e. The van der Waals surface area contributed by atoms with Crippen LogP contribution in [0.25, 0.3) is 0 Å². The van der Waals surface area contributed by atoms with Gasteiger partial charge in [0.05, 0.1) is 11.9 Å². The highest BCUT2D eigenvalue weighted by Gasteiger charge is 2.20. The minimum absolute atomic E-state index is 0.183. The molecule has 0 saturated carbocycles. The van der Waals surface area contributed by atoms with Gasteiger partial charge in [0.2, 0.25) is 0 Å². The van der Waals surface area contributed by atoms with Crippen LogP contribution in [0.15, 0.2) is 29.2 Å². The van der Waals surface area contributed by atoms with E-state index in [1.807, 2.05) is 13.0 Å². The molecule has 0 atom stereocenters. The number of halogens is 2. The number of piperazine rings is 1. The van der Waals surface area contributed by atoms with Gasteiger partial charge in [-0.3, -0.25) is 9.69 Å². The van der Waals surface area contributed by atoms with E-state index in [9.17, 15) is 9.18 Å². The van der Waals surface area contributed by atoms with Crippen molar-refractivity contribution in [1.82, 2.24) is 15.1 Å². The Kier molecular flexibility index (Phi) is 4.63. The zero-order chi connectivity index (χ0) is 16.4. The summed E-state index contributed by atoms with van der Waals surface area (Å²) in [6.45, 7) is 5.95. The van der Waals surface area contributed by atoms with Crippen LogP contribution < -0.4 is 10.5 Å². The van der Waals surface area contributed by atoms with E-state index in [0.717, 1.165) is 43.9 Å². The Balaban J connectivity index is 1.64. The molecule has 1 aromatic carbocycles. The van der Waals surface area contributed by atoms with Crippen molar-refractivity contribution in [2.45, 2.75) is 13.5 Å². The summed E-state index contributed by atoms with van der Waals surface area (Å²) >= 11 is 6.05. The molecule has 7 heteroatoms. The lowest BCUT2D eigenvalue weighted by atomic mass is 10.1. The van der Waals surface area contributed by atoms with E-state index < -0.39 is 0 Å². The van der Waals surface area contributed by atoms with Crippen LogP contribution in [0.4, 0.5) is 10.1 Å². The minimum atomic E-state index is -0.367. The van der Waals surface area contributed by atoms with Crippen LogP contribution in [-0.2, 0) is 6.54 Å². The number of aromatic nitrogens is 2. The van der Waals surface area contributed by atoms with Gasteiger partial charge in [-0.1, -0.05) is 17.7 Å². The molecule has 2 aromatic rings. The van der Waals surface area contributed by atoms with E-state index in [2.05, 4.69) is 20.0 Å². The molecule has 0 bridgehead atoms. The molecule has 3 rings (SSSR count). The summed E-state index contributed by atoms with van der Waals surface area (Å²) in [5.41, 5.74) is 2.41. The number of hydrogen-bond acceptors (Lipinski definition) is 4. The molecular weight excluding hydrogens is 319 g/mol. The zero-order valence-electron chi connectivity index (χ0n) is 12.9. The fourth-order valence-corrected chi connectivity index (χ4v) is 3.03. The van der Waals surface area contributed by atoms with Gasteiger partial charge in [0.1, 0.15) is 10.8 Å². The van der Waals surface area contributed by atoms with E-state index in [1.54, 1.807) is 12.3 Å². The predicted molar refractivity (Wildman–Crippen MR) is 88.5 cm³/mol. The first kappa shape index (κ1) is 16.0. The van der Waals surface area contributed by atoms with E-state index in [-0.39, 0.29) is 16.4 Å². The third kappa shape index (κ3) is 3.54. The number of anilines is 1. The van der Waals surface area contributed by atoms with Crippen LogP contribution in [0, 0.1) is 12.7 Å². The van der Waals surface area contributed by atoms with Crippen molar-refractivity contribution >= 4 is 17.3 Å². The van der Waals surface area contributed by atoms with E-state index in [1.165, 1.54) is 6.07 Å². The standard InChI is InChI=1S/C16H18ClFN4O/c1-11-8-13(18)3-2-12(11)10-21-4-6-22(7-5-21)14-9-19-20-16(23)15(14)17/h2-3,8-9H,4-7,10H2,1H3,(H,20,23). The fraction of sp³-hybridized carbons (Fsp3) is 0.375. The molecule has 1 aliphatic rings. The van der Waals surface area contributed by atoms with Crippen molar-refractivity contribution in [2.24, 2.45) is 0 Å². The van der Waals surface area contributed by atoms with Gasteiger partial charge in [-0.25, -0.2) is 9.49 Å². The van der Waals surface area contributed by atoms with Gasteiger partial charge < -0.3 is 4.90 Å². The zero-order valence-corrected chi connectivity index (χ0v) is 13.6. The van der Waals surface area contributed by atoms with Crippen molar-refractivity contribution < 1.29 is 4.39 Å². The van der Waals surface area contributed by atoms with Gasteiger partial charge in [-0.2, -0.15) is 5.10 Å². The van der Waals surface area contributed by atoms with Crippen LogP contribution in [-0.4, -0.2) is 41.3 Å². The van der Waals surface area contributed by atoms with Gasteiger partial charge in [0.25, 0.3) is 5.56 Å². The van der Waals surface area contributed by atoms with E-state index in [4.69, 9.17) is 11.6 Å². The van der Waals surface area contributed by atoms with Crippen molar-refractivity contribution in [3.63, 3.8) is 0 Å². The third-order valence-electron chi connectivity index (χ3n) is 4.19.